The van der Waals surface area contributed by atoms with E-state index in [1.807, 2.05) is 27.7 Å². The molecular weight excluding hydrogens is 338 g/mol. The van der Waals surface area contributed by atoms with Crippen molar-refractivity contribution in [2.75, 3.05) is 32.1 Å². The summed E-state index contributed by atoms with van der Waals surface area (Å²) in [4.78, 5) is 13.8. The molecule has 1 fully saturated rings. The van der Waals surface area contributed by atoms with Gasteiger partial charge in [0, 0.05) is 25.5 Å². The molecule has 0 aliphatic carbocycles. The summed E-state index contributed by atoms with van der Waals surface area (Å²) in [5, 5.41) is 0.760. The Kier molecular flexibility index (Phi) is 6.94. The number of amides is 1. The van der Waals surface area contributed by atoms with E-state index in [2.05, 4.69) is 15.9 Å². The Morgan fingerprint density at radius 1 is 1.33 bits per heavy atom. The first-order chi connectivity index (χ1) is 9.71. The molecule has 21 heavy (non-hydrogen) atoms. The summed E-state index contributed by atoms with van der Waals surface area (Å²) in [7, 11) is 1.67. The van der Waals surface area contributed by atoms with Gasteiger partial charge in [-0.25, -0.2) is 4.79 Å². The SMILES string of the molecule is COCC(C)OC1(CBr)CCN(C(=O)OC(C)(C)C)CC1. The number of alkyl halides is 1. The van der Waals surface area contributed by atoms with Crippen LogP contribution in [0.4, 0.5) is 4.79 Å². The first-order valence-electron chi connectivity index (χ1n) is 7.42. The van der Waals surface area contributed by atoms with Crippen LogP contribution in [0.15, 0.2) is 0 Å². The van der Waals surface area contributed by atoms with Gasteiger partial charge in [0.15, 0.2) is 0 Å². The Labute approximate surface area is 136 Å². The minimum absolute atomic E-state index is 0.0422. The topological polar surface area (TPSA) is 48.0 Å². The van der Waals surface area contributed by atoms with Crippen molar-refractivity contribution in [1.82, 2.24) is 4.90 Å². The zero-order valence-corrected chi connectivity index (χ0v) is 15.4. The van der Waals surface area contributed by atoms with Crippen LogP contribution in [0.1, 0.15) is 40.5 Å². The lowest BCUT2D eigenvalue weighted by atomic mass is 9.93. The van der Waals surface area contributed by atoms with Gasteiger partial charge in [-0.05, 0) is 40.5 Å². The highest BCUT2D eigenvalue weighted by atomic mass is 79.9. The number of ether oxygens (including phenoxy) is 3. The van der Waals surface area contributed by atoms with Crippen LogP contribution in [0, 0.1) is 0 Å². The third kappa shape index (κ3) is 6.12. The lowest BCUT2D eigenvalue weighted by molar-refractivity contribution is -0.118. The van der Waals surface area contributed by atoms with Crippen molar-refractivity contribution >= 4 is 22.0 Å². The summed E-state index contributed by atoms with van der Waals surface area (Å²) in [6.07, 6.45) is 1.40. The van der Waals surface area contributed by atoms with E-state index in [9.17, 15) is 4.79 Å². The fourth-order valence-corrected chi connectivity index (χ4v) is 3.09. The number of methoxy groups -OCH3 is 1. The van der Waals surface area contributed by atoms with Crippen molar-refractivity contribution in [3.63, 3.8) is 0 Å². The van der Waals surface area contributed by atoms with Crippen LogP contribution < -0.4 is 0 Å². The zero-order chi connectivity index (χ0) is 16.1. The van der Waals surface area contributed by atoms with Crippen LogP contribution in [0.2, 0.25) is 0 Å². The summed E-state index contributed by atoms with van der Waals surface area (Å²) < 4.78 is 16.7. The highest BCUT2D eigenvalue weighted by Crippen LogP contribution is 2.30. The molecule has 1 aliphatic rings. The van der Waals surface area contributed by atoms with Crippen molar-refractivity contribution in [2.45, 2.75) is 57.8 Å². The second-order valence-electron chi connectivity index (χ2n) is 6.67. The largest absolute Gasteiger partial charge is 0.444 e. The zero-order valence-electron chi connectivity index (χ0n) is 13.8. The monoisotopic (exact) mass is 365 g/mol. The number of carbonyl (C=O) groups excluding carboxylic acids is 1. The Balaban J connectivity index is 2.53. The maximum Gasteiger partial charge on any atom is 0.410 e. The number of carbonyl (C=O) groups is 1. The molecule has 0 N–H and O–H groups in total. The van der Waals surface area contributed by atoms with Crippen molar-refractivity contribution in [2.24, 2.45) is 0 Å². The number of hydrogen-bond acceptors (Lipinski definition) is 4. The molecule has 0 aromatic carbocycles. The summed E-state index contributed by atoms with van der Waals surface area (Å²) in [6, 6.07) is 0. The third-order valence-corrected chi connectivity index (χ3v) is 4.44. The number of piperidine rings is 1. The van der Waals surface area contributed by atoms with Crippen molar-refractivity contribution < 1.29 is 19.0 Å². The Morgan fingerprint density at radius 2 is 1.90 bits per heavy atom. The maximum atomic E-state index is 12.1. The lowest BCUT2D eigenvalue weighted by Gasteiger charge is -2.42. The van der Waals surface area contributed by atoms with Crippen molar-refractivity contribution in [3.05, 3.63) is 0 Å². The summed E-state index contributed by atoms with van der Waals surface area (Å²) in [5.41, 5.74) is -0.680. The molecule has 1 atom stereocenters. The summed E-state index contributed by atoms with van der Waals surface area (Å²) >= 11 is 3.55. The van der Waals surface area contributed by atoms with Crippen LogP contribution in [-0.4, -0.2) is 60.4 Å². The molecule has 0 spiro atoms. The first kappa shape index (κ1) is 18.7. The highest BCUT2D eigenvalue weighted by Gasteiger charge is 2.38. The van der Waals surface area contributed by atoms with E-state index < -0.39 is 5.60 Å². The fourth-order valence-electron chi connectivity index (χ4n) is 2.40. The van der Waals surface area contributed by atoms with Gasteiger partial charge in [-0.2, -0.15) is 0 Å². The van der Waals surface area contributed by atoms with Gasteiger partial charge in [-0.3, -0.25) is 0 Å². The van der Waals surface area contributed by atoms with Gasteiger partial charge in [-0.15, -0.1) is 0 Å². The molecule has 0 aromatic heterocycles. The van der Waals surface area contributed by atoms with E-state index in [-0.39, 0.29) is 17.8 Å². The molecule has 124 valence electrons. The smallest absolute Gasteiger partial charge is 0.410 e. The molecule has 1 unspecified atom stereocenters. The molecule has 0 radical (unpaired) electrons. The molecule has 0 aromatic rings. The number of rotatable bonds is 5. The van der Waals surface area contributed by atoms with Crippen LogP contribution in [0.3, 0.4) is 0 Å². The normalized spacial score (nSPS) is 20.2. The summed E-state index contributed by atoms with van der Waals surface area (Å²) in [5.74, 6) is 0. The quantitative estimate of drug-likeness (QED) is 0.701. The van der Waals surface area contributed by atoms with Gasteiger partial charge in [0.2, 0.25) is 0 Å². The molecule has 0 bridgehead atoms. The van der Waals surface area contributed by atoms with Crippen molar-refractivity contribution in [3.8, 4) is 0 Å². The van der Waals surface area contributed by atoms with Crippen LogP contribution in [0.25, 0.3) is 0 Å². The van der Waals surface area contributed by atoms with Crippen LogP contribution in [0.5, 0.6) is 0 Å². The van der Waals surface area contributed by atoms with Crippen molar-refractivity contribution in [1.29, 1.82) is 0 Å². The molecule has 1 amide bonds. The molecule has 1 saturated heterocycles. The van der Waals surface area contributed by atoms with Crippen LogP contribution >= 0.6 is 15.9 Å². The van der Waals surface area contributed by atoms with Gasteiger partial charge in [-0.1, -0.05) is 15.9 Å². The van der Waals surface area contributed by atoms with E-state index in [0.717, 1.165) is 18.2 Å². The maximum absolute atomic E-state index is 12.1. The summed E-state index contributed by atoms with van der Waals surface area (Å²) in [6.45, 7) is 9.53. The predicted molar refractivity (Wildman–Crippen MR) is 86.0 cm³/mol. The minimum Gasteiger partial charge on any atom is -0.444 e. The second kappa shape index (κ2) is 7.79. The van der Waals surface area contributed by atoms with E-state index in [1.54, 1.807) is 12.0 Å². The first-order valence-corrected chi connectivity index (χ1v) is 8.54. The van der Waals surface area contributed by atoms with Gasteiger partial charge >= 0.3 is 6.09 Å². The number of likely N-dealkylation sites (tertiary alicyclic amines) is 1. The average Bonchev–Trinajstić information content (AvgIpc) is 2.37. The Morgan fingerprint density at radius 3 is 2.33 bits per heavy atom. The number of halogens is 1. The molecule has 1 heterocycles. The molecule has 1 rings (SSSR count). The van der Waals surface area contributed by atoms with E-state index in [4.69, 9.17) is 14.2 Å². The molecular formula is C15H28BrNO4. The van der Waals surface area contributed by atoms with Gasteiger partial charge < -0.3 is 19.1 Å². The molecule has 1 aliphatic heterocycles. The Hall–Kier alpha value is -0.330. The fraction of sp³-hybridized carbons (Fsp3) is 0.933. The van der Waals surface area contributed by atoms with E-state index in [0.29, 0.717) is 19.7 Å². The molecule has 5 nitrogen and oxygen atoms in total. The van der Waals surface area contributed by atoms with Gasteiger partial charge in [0.25, 0.3) is 0 Å². The lowest BCUT2D eigenvalue weighted by Crippen LogP contribution is -2.51. The van der Waals surface area contributed by atoms with E-state index in [1.165, 1.54) is 0 Å². The minimum atomic E-state index is -0.454. The van der Waals surface area contributed by atoms with Gasteiger partial charge in [0.1, 0.15) is 5.60 Å². The number of nitrogens with zero attached hydrogens (tertiary/aromatic N) is 1. The average molecular weight is 366 g/mol. The number of hydrogen-bond donors (Lipinski definition) is 0. The van der Waals surface area contributed by atoms with E-state index >= 15 is 0 Å². The molecule has 0 saturated carbocycles. The second-order valence-corrected chi connectivity index (χ2v) is 7.23. The van der Waals surface area contributed by atoms with Crippen LogP contribution in [-0.2, 0) is 14.2 Å². The Bertz CT molecular complexity index is 335. The standard InChI is InChI=1S/C15H28BrNO4/c1-12(10-19-5)20-15(11-16)6-8-17(9-7-15)13(18)21-14(2,3)4/h12H,6-11H2,1-5H3. The van der Waals surface area contributed by atoms with Gasteiger partial charge in [0.05, 0.1) is 18.3 Å². The third-order valence-electron chi connectivity index (χ3n) is 3.42. The highest BCUT2D eigenvalue weighted by molar-refractivity contribution is 9.09. The predicted octanol–water partition coefficient (Wildman–Crippen LogP) is 3.20. The molecule has 6 heteroatoms.